The van der Waals surface area contributed by atoms with Crippen molar-refractivity contribution in [1.29, 1.82) is 0 Å². The second-order valence-electron chi connectivity index (χ2n) is 6.98. The molecule has 0 radical (unpaired) electrons. The van der Waals surface area contributed by atoms with Gasteiger partial charge in [0.05, 0.1) is 11.1 Å². The Labute approximate surface area is 163 Å². The van der Waals surface area contributed by atoms with Gasteiger partial charge in [-0.3, -0.25) is 4.79 Å². The van der Waals surface area contributed by atoms with Crippen LogP contribution in [0.25, 0.3) is 21.8 Å². The van der Waals surface area contributed by atoms with Crippen molar-refractivity contribution in [3.8, 4) is 0 Å². The average molecular weight is 400 g/mol. The van der Waals surface area contributed by atoms with Gasteiger partial charge in [0.2, 0.25) is 5.91 Å². The molecule has 0 aliphatic heterocycles. The van der Waals surface area contributed by atoms with Crippen LogP contribution in [-0.4, -0.2) is 10.5 Å². The highest BCUT2D eigenvalue weighted by Crippen LogP contribution is 2.35. The van der Waals surface area contributed by atoms with Gasteiger partial charge in [-0.05, 0) is 48.4 Å². The number of alkyl halides is 3. The van der Waals surface area contributed by atoms with Crippen LogP contribution < -0.4 is 5.73 Å². The Morgan fingerprint density at radius 1 is 1.03 bits per heavy atom. The van der Waals surface area contributed by atoms with Crippen molar-refractivity contribution < 1.29 is 22.4 Å². The quantitative estimate of drug-likeness (QED) is 0.460. The molecule has 3 nitrogen and oxygen atoms in total. The van der Waals surface area contributed by atoms with Gasteiger partial charge in [-0.2, -0.15) is 13.2 Å². The number of rotatable bonds is 3. The molecule has 1 aromatic heterocycles. The fourth-order valence-electron chi connectivity index (χ4n) is 3.70. The highest BCUT2D eigenvalue weighted by atomic mass is 19.4. The maximum absolute atomic E-state index is 13.7. The number of hydrogen-bond donors (Lipinski definition) is 1. The number of halogens is 4. The van der Waals surface area contributed by atoms with E-state index < -0.39 is 23.5 Å². The summed E-state index contributed by atoms with van der Waals surface area (Å²) < 4.78 is 54.8. The topological polar surface area (TPSA) is 48.0 Å². The van der Waals surface area contributed by atoms with Crippen LogP contribution in [0.1, 0.15) is 27.0 Å². The van der Waals surface area contributed by atoms with Crippen LogP contribution >= 0.6 is 0 Å². The zero-order valence-electron chi connectivity index (χ0n) is 15.3. The van der Waals surface area contributed by atoms with E-state index in [2.05, 4.69) is 0 Å². The third-order valence-corrected chi connectivity index (χ3v) is 4.99. The zero-order valence-corrected chi connectivity index (χ0v) is 15.3. The summed E-state index contributed by atoms with van der Waals surface area (Å²) in [7, 11) is 0. The predicted octanol–water partition coefficient (Wildman–Crippen LogP) is 5.41. The summed E-state index contributed by atoms with van der Waals surface area (Å²) in [6, 6.07) is 13.7. The van der Waals surface area contributed by atoms with Crippen molar-refractivity contribution in [3.05, 3.63) is 82.7 Å². The fraction of sp³-hybridized carbons (Fsp3) is 0.136. The molecule has 29 heavy (non-hydrogen) atoms. The summed E-state index contributed by atoms with van der Waals surface area (Å²) in [6.45, 7) is 1.98. The normalized spacial score (nSPS) is 12.0. The first-order valence-electron chi connectivity index (χ1n) is 8.84. The molecule has 0 bridgehead atoms. The molecule has 0 saturated carbocycles. The molecule has 7 heteroatoms. The van der Waals surface area contributed by atoms with Crippen molar-refractivity contribution in [2.75, 3.05) is 0 Å². The van der Waals surface area contributed by atoms with E-state index in [4.69, 9.17) is 5.73 Å². The van der Waals surface area contributed by atoms with E-state index in [0.717, 1.165) is 28.6 Å². The maximum Gasteiger partial charge on any atom is 0.419 e. The van der Waals surface area contributed by atoms with E-state index in [-0.39, 0.29) is 6.54 Å². The highest BCUT2D eigenvalue weighted by molar-refractivity contribution is 6.17. The van der Waals surface area contributed by atoms with E-state index in [1.54, 1.807) is 18.2 Å². The van der Waals surface area contributed by atoms with Crippen LogP contribution in [-0.2, 0) is 12.7 Å². The largest absolute Gasteiger partial charge is 0.419 e. The standard InChI is InChI=1S/C22H16F4N2O/c1-12-5-7-14-19(9-12)28(18-4-2-3-15(20(14)18)21(27)29)11-13-6-8-17(23)16(10-13)22(24,25)26/h2-10H,11H2,1H3,(H2,27,29). The lowest BCUT2D eigenvalue weighted by molar-refractivity contribution is -0.140. The first kappa shape index (κ1) is 19.0. The SMILES string of the molecule is Cc1ccc2c3c(C(N)=O)cccc3n(Cc3ccc(F)c(C(F)(F)F)c3)c2c1. The number of hydrogen-bond acceptors (Lipinski definition) is 1. The second kappa shape index (κ2) is 6.62. The molecule has 3 aromatic carbocycles. The molecule has 0 atom stereocenters. The van der Waals surface area contributed by atoms with Crippen LogP contribution in [0.4, 0.5) is 17.6 Å². The highest BCUT2D eigenvalue weighted by Gasteiger charge is 2.34. The van der Waals surface area contributed by atoms with Crippen LogP contribution in [0.15, 0.2) is 54.6 Å². The first-order chi connectivity index (χ1) is 13.7. The maximum atomic E-state index is 13.7. The van der Waals surface area contributed by atoms with Gasteiger partial charge in [0.1, 0.15) is 5.82 Å². The Hall–Kier alpha value is -3.35. The number of amides is 1. The molecule has 4 aromatic rings. The van der Waals surface area contributed by atoms with Crippen molar-refractivity contribution in [3.63, 3.8) is 0 Å². The molecule has 0 aliphatic rings. The summed E-state index contributed by atoms with van der Waals surface area (Å²) in [4.78, 5) is 11.9. The van der Waals surface area contributed by atoms with Gasteiger partial charge in [0.25, 0.3) is 0 Å². The minimum absolute atomic E-state index is 0.0784. The molecule has 1 amide bonds. The van der Waals surface area contributed by atoms with Gasteiger partial charge >= 0.3 is 6.18 Å². The Bertz CT molecular complexity index is 1270. The number of benzene rings is 3. The molecule has 0 spiro atoms. The number of carbonyl (C=O) groups excluding carboxylic acids is 1. The van der Waals surface area contributed by atoms with E-state index in [9.17, 15) is 22.4 Å². The van der Waals surface area contributed by atoms with Crippen molar-refractivity contribution in [2.45, 2.75) is 19.6 Å². The van der Waals surface area contributed by atoms with Crippen LogP contribution in [0.3, 0.4) is 0 Å². The molecule has 4 rings (SSSR count). The molecule has 0 fully saturated rings. The molecule has 0 saturated heterocycles. The summed E-state index contributed by atoms with van der Waals surface area (Å²) in [5, 5.41) is 1.42. The molecule has 0 aliphatic carbocycles. The number of nitrogens with two attached hydrogens (primary N) is 1. The first-order valence-corrected chi connectivity index (χ1v) is 8.84. The molecule has 0 unspecified atom stereocenters. The summed E-state index contributed by atoms with van der Waals surface area (Å²) in [5.41, 5.74) is 7.24. The molecule has 148 valence electrons. The van der Waals surface area contributed by atoms with E-state index in [1.165, 1.54) is 6.07 Å². The van der Waals surface area contributed by atoms with Gasteiger partial charge < -0.3 is 10.3 Å². The minimum atomic E-state index is -4.78. The minimum Gasteiger partial charge on any atom is -0.366 e. The second-order valence-corrected chi connectivity index (χ2v) is 6.98. The Kier molecular flexibility index (Phi) is 4.33. The number of aromatic nitrogens is 1. The number of nitrogens with zero attached hydrogens (tertiary/aromatic N) is 1. The third kappa shape index (κ3) is 3.22. The summed E-state index contributed by atoms with van der Waals surface area (Å²) in [6.07, 6.45) is -4.78. The van der Waals surface area contributed by atoms with Crippen molar-refractivity contribution in [1.82, 2.24) is 4.57 Å². The predicted molar refractivity (Wildman–Crippen MR) is 103 cm³/mol. The van der Waals surface area contributed by atoms with Gasteiger partial charge in [0.15, 0.2) is 0 Å². The average Bonchev–Trinajstić information content (AvgIpc) is 2.95. The lowest BCUT2D eigenvalue weighted by atomic mass is 10.1. The van der Waals surface area contributed by atoms with Crippen LogP contribution in [0.2, 0.25) is 0 Å². The summed E-state index contributed by atoms with van der Waals surface area (Å²) in [5.74, 6) is -1.90. The molecule has 1 heterocycles. The lowest BCUT2D eigenvalue weighted by Crippen LogP contribution is -2.11. The van der Waals surface area contributed by atoms with E-state index in [0.29, 0.717) is 22.0 Å². The number of primary amides is 1. The Morgan fingerprint density at radius 2 is 1.79 bits per heavy atom. The Morgan fingerprint density at radius 3 is 2.48 bits per heavy atom. The van der Waals surface area contributed by atoms with E-state index in [1.807, 2.05) is 29.7 Å². The van der Waals surface area contributed by atoms with E-state index >= 15 is 0 Å². The zero-order chi connectivity index (χ0) is 20.9. The van der Waals surface area contributed by atoms with Crippen molar-refractivity contribution >= 4 is 27.7 Å². The van der Waals surface area contributed by atoms with Crippen molar-refractivity contribution in [2.24, 2.45) is 5.73 Å². The molecular weight excluding hydrogens is 384 g/mol. The Balaban J connectivity index is 1.98. The molecular formula is C22H16F4N2O. The third-order valence-electron chi connectivity index (χ3n) is 4.99. The fourth-order valence-corrected chi connectivity index (χ4v) is 3.70. The lowest BCUT2D eigenvalue weighted by Gasteiger charge is -2.12. The van der Waals surface area contributed by atoms with Crippen LogP contribution in [0.5, 0.6) is 0 Å². The number of carbonyl (C=O) groups is 1. The molecule has 2 N–H and O–H groups in total. The van der Waals surface area contributed by atoms with Gasteiger partial charge in [0, 0.05) is 28.4 Å². The van der Waals surface area contributed by atoms with Gasteiger partial charge in [-0.15, -0.1) is 0 Å². The monoisotopic (exact) mass is 400 g/mol. The number of aryl methyl sites for hydroxylation is 1. The van der Waals surface area contributed by atoms with Crippen LogP contribution in [0, 0.1) is 12.7 Å². The van der Waals surface area contributed by atoms with Gasteiger partial charge in [-0.1, -0.05) is 24.3 Å². The number of fused-ring (bicyclic) bond motifs is 3. The summed E-state index contributed by atoms with van der Waals surface area (Å²) >= 11 is 0. The smallest absolute Gasteiger partial charge is 0.366 e. The van der Waals surface area contributed by atoms with Gasteiger partial charge in [-0.25, -0.2) is 4.39 Å².